The van der Waals surface area contributed by atoms with Crippen LogP contribution < -0.4 is 14.5 Å². The van der Waals surface area contributed by atoms with Crippen LogP contribution in [0.3, 0.4) is 0 Å². The van der Waals surface area contributed by atoms with Crippen LogP contribution in [-0.4, -0.2) is 67.3 Å². The van der Waals surface area contributed by atoms with Crippen LogP contribution in [0.2, 0.25) is 0 Å². The monoisotopic (exact) mass is 544 g/mol. The number of carbonyl (C=O) groups is 1. The summed E-state index contributed by atoms with van der Waals surface area (Å²) in [5.74, 6) is 0.335. The normalized spacial score (nSPS) is 16.9. The largest absolute Gasteiger partial charge is 0.368 e. The third kappa shape index (κ3) is 5.40. The van der Waals surface area contributed by atoms with Crippen molar-refractivity contribution in [1.82, 2.24) is 14.3 Å². The fraction of sp³-hybridized carbons (Fsp3) is 0.400. The molecule has 196 valence electrons. The number of halogens is 1. The first-order valence-corrected chi connectivity index (χ1v) is 14.5. The van der Waals surface area contributed by atoms with Crippen LogP contribution in [0.4, 0.5) is 20.9 Å². The number of rotatable bonds is 6. The molecule has 9 nitrogen and oxygen atoms in total. The summed E-state index contributed by atoms with van der Waals surface area (Å²) < 4.78 is 45.4. The molecule has 2 aromatic carbocycles. The Morgan fingerprint density at radius 3 is 2.49 bits per heavy atom. The van der Waals surface area contributed by atoms with Crippen LogP contribution in [-0.2, 0) is 21.2 Å². The summed E-state index contributed by atoms with van der Waals surface area (Å²) in [5.41, 5.74) is 2.80. The molecule has 2 aliphatic heterocycles. The zero-order chi connectivity index (χ0) is 26.2. The van der Waals surface area contributed by atoms with Gasteiger partial charge < -0.3 is 14.7 Å². The van der Waals surface area contributed by atoms with Crippen LogP contribution in [0.5, 0.6) is 0 Å². The highest BCUT2D eigenvalue weighted by Crippen LogP contribution is 2.30. The van der Waals surface area contributed by atoms with Gasteiger partial charge in [0.2, 0.25) is 11.0 Å². The maximum atomic E-state index is 13.7. The van der Waals surface area contributed by atoms with Gasteiger partial charge in [-0.05, 0) is 74.7 Å². The third-order valence-electron chi connectivity index (χ3n) is 6.87. The van der Waals surface area contributed by atoms with Crippen molar-refractivity contribution < 1.29 is 17.6 Å². The van der Waals surface area contributed by atoms with E-state index < -0.39 is 10.0 Å². The molecule has 0 aliphatic carbocycles. The third-order valence-corrected chi connectivity index (χ3v) is 9.08. The number of hydrogen-bond donors (Lipinski definition) is 1. The minimum absolute atomic E-state index is 0.0660. The molecule has 0 spiro atoms. The lowest BCUT2D eigenvalue weighted by atomic mass is 9.99. The number of nitrogens with one attached hydrogen (secondary N) is 1. The molecule has 1 amide bonds. The quantitative estimate of drug-likeness (QED) is 0.509. The van der Waals surface area contributed by atoms with Gasteiger partial charge in [0.1, 0.15) is 17.7 Å². The highest BCUT2D eigenvalue weighted by atomic mass is 32.2. The zero-order valence-electron chi connectivity index (χ0n) is 20.7. The van der Waals surface area contributed by atoms with Gasteiger partial charge in [0, 0.05) is 55.6 Å². The Morgan fingerprint density at radius 1 is 1.08 bits per heavy atom. The smallest absolute Gasteiger partial charge is 0.263 e. The van der Waals surface area contributed by atoms with E-state index in [-0.39, 0.29) is 27.8 Å². The van der Waals surface area contributed by atoms with Gasteiger partial charge in [-0.2, -0.15) is 4.37 Å². The van der Waals surface area contributed by atoms with E-state index in [0.29, 0.717) is 32.0 Å². The van der Waals surface area contributed by atoms with E-state index in [9.17, 15) is 17.6 Å². The second-order valence-corrected chi connectivity index (χ2v) is 11.7. The minimum atomic E-state index is -3.75. The predicted octanol–water partition coefficient (Wildman–Crippen LogP) is 3.28. The van der Waals surface area contributed by atoms with Crippen molar-refractivity contribution in [1.29, 1.82) is 0 Å². The molecule has 3 aromatic rings. The number of fused-ring (bicyclic) bond motifs is 1. The van der Waals surface area contributed by atoms with Gasteiger partial charge in [-0.25, -0.2) is 17.8 Å². The van der Waals surface area contributed by atoms with Crippen molar-refractivity contribution in [2.75, 3.05) is 47.2 Å². The average molecular weight is 545 g/mol. The average Bonchev–Trinajstić information content (AvgIpc) is 3.31. The predicted molar refractivity (Wildman–Crippen MR) is 142 cm³/mol. The Hall–Kier alpha value is -3.25. The molecule has 1 N–H and O–H groups in total. The number of carbonyl (C=O) groups excluding carboxylic acids is 1. The first-order chi connectivity index (χ1) is 17.7. The molecule has 0 radical (unpaired) electrons. The first-order valence-electron chi connectivity index (χ1n) is 12.2. The maximum Gasteiger partial charge on any atom is 0.263 e. The number of aromatic nitrogens is 2. The Bertz CT molecular complexity index is 1390. The van der Waals surface area contributed by atoms with Crippen molar-refractivity contribution in [2.24, 2.45) is 0 Å². The van der Waals surface area contributed by atoms with Crippen LogP contribution in [0.25, 0.3) is 0 Å². The second-order valence-electron chi connectivity index (χ2n) is 9.30. The molecule has 5 rings (SSSR count). The topological polar surface area (TPSA) is 98.7 Å². The number of anilines is 3. The molecular weight excluding hydrogens is 515 g/mol. The summed E-state index contributed by atoms with van der Waals surface area (Å²) in [7, 11) is -3.75. The van der Waals surface area contributed by atoms with Gasteiger partial charge in [0.15, 0.2) is 0 Å². The van der Waals surface area contributed by atoms with E-state index in [1.54, 1.807) is 43.3 Å². The summed E-state index contributed by atoms with van der Waals surface area (Å²) in [6, 6.07) is 11.2. The number of nitrogens with zero attached hydrogens (tertiary/aromatic N) is 5. The number of benzene rings is 2. The molecule has 1 fully saturated rings. The van der Waals surface area contributed by atoms with E-state index in [4.69, 9.17) is 0 Å². The molecule has 2 aliphatic rings. The number of sulfonamides is 1. The van der Waals surface area contributed by atoms with Crippen molar-refractivity contribution in [3.05, 3.63) is 59.7 Å². The summed E-state index contributed by atoms with van der Waals surface area (Å²) in [5, 5.41) is 0.233. The second kappa shape index (κ2) is 10.3. The van der Waals surface area contributed by atoms with Gasteiger partial charge in [-0.3, -0.25) is 9.52 Å². The van der Waals surface area contributed by atoms with Crippen molar-refractivity contribution >= 4 is 44.0 Å². The molecule has 12 heteroatoms. The van der Waals surface area contributed by atoms with Crippen LogP contribution in [0.1, 0.15) is 24.7 Å². The lowest BCUT2D eigenvalue weighted by Gasteiger charge is -2.41. The van der Waals surface area contributed by atoms with Crippen molar-refractivity contribution in [2.45, 2.75) is 37.6 Å². The molecule has 1 atom stereocenters. The summed E-state index contributed by atoms with van der Waals surface area (Å²) >= 11 is 0.998. The van der Waals surface area contributed by atoms with Crippen LogP contribution in [0, 0.1) is 12.7 Å². The van der Waals surface area contributed by atoms with Crippen molar-refractivity contribution in [3.63, 3.8) is 0 Å². The molecule has 1 saturated heterocycles. The Balaban J connectivity index is 1.19. The molecule has 0 saturated carbocycles. The minimum Gasteiger partial charge on any atom is -0.368 e. The van der Waals surface area contributed by atoms with E-state index in [1.165, 1.54) is 6.07 Å². The molecule has 0 bridgehead atoms. The van der Waals surface area contributed by atoms with E-state index in [2.05, 4.69) is 23.9 Å². The Labute approximate surface area is 220 Å². The molecule has 1 aromatic heterocycles. The first kappa shape index (κ1) is 25.4. The fourth-order valence-electron chi connectivity index (χ4n) is 4.93. The molecule has 37 heavy (non-hydrogen) atoms. The number of amides is 1. The number of piperazine rings is 1. The van der Waals surface area contributed by atoms with Gasteiger partial charge in [0.25, 0.3) is 10.0 Å². The number of aryl methyl sites for hydroxylation is 2. The summed E-state index contributed by atoms with van der Waals surface area (Å²) in [4.78, 5) is 23.6. The van der Waals surface area contributed by atoms with Gasteiger partial charge in [-0.1, -0.05) is 0 Å². The van der Waals surface area contributed by atoms with Crippen LogP contribution >= 0.6 is 11.5 Å². The zero-order valence-corrected chi connectivity index (χ0v) is 22.4. The molecular formula is C25H29FN6O3S2. The van der Waals surface area contributed by atoms with E-state index in [0.717, 1.165) is 47.9 Å². The van der Waals surface area contributed by atoms with Crippen molar-refractivity contribution in [3.8, 4) is 0 Å². The van der Waals surface area contributed by atoms with Gasteiger partial charge in [0.05, 0.1) is 4.90 Å². The van der Waals surface area contributed by atoms with E-state index >= 15 is 0 Å². The highest BCUT2D eigenvalue weighted by molar-refractivity contribution is 7.93. The van der Waals surface area contributed by atoms with Crippen LogP contribution in [0.15, 0.2) is 47.4 Å². The van der Waals surface area contributed by atoms with Gasteiger partial charge in [-0.15, -0.1) is 0 Å². The lowest BCUT2D eigenvalue weighted by molar-refractivity contribution is -0.132. The Kier molecular flexibility index (Phi) is 7.04. The molecule has 0 unspecified atom stereocenters. The Morgan fingerprint density at radius 2 is 1.81 bits per heavy atom. The molecule has 3 heterocycles. The maximum absolute atomic E-state index is 13.7. The van der Waals surface area contributed by atoms with Gasteiger partial charge >= 0.3 is 0 Å². The SMILES string of the molecule is Cc1nsc(NS(=O)(=O)c2ccc(N3CCN(C(=O)[C@@H](C)N4CCCc5cc(F)ccc54)CC3)cc2)n1. The summed E-state index contributed by atoms with van der Waals surface area (Å²) in [6.45, 7) is 6.84. The lowest BCUT2D eigenvalue weighted by Crippen LogP contribution is -2.55. The summed E-state index contributed by atoms with van der Waals surface area (Å²) in [6.07, 6.45) is 1.71. The highest BCUT2D eigenvalue weighted by Gasteiger charge is 2.31. The fourth-order valence-corrected chi connectivity index (χ4v) is 6.73. The standard InChI is InChI=1S/C25H29FN6O3S2/c1-17(32-11-3-4-19-16-20(26)5-10-23(19)32)24(33)31-14-12-30(13-15-31)21-6-8-22(9-7-21)37(34,35)29-25-27-18(2)28-36-25/h5-10,16-17H,3-4,11-15H2,1-2H3,(H,27,28,29)/t17-/m1/s1. The number of hydrogen-bond acceptors (Lipinski definition) is 8. The van der Waals surface area contributed by atoms with E-state index in [1.807, 2.05) is 11.8 Å².